The lowest BCUT2D eigenvalue weighted by Gasteiger charge is -2.36. The lowest BCUT2D eigenvalue weighted by molar-refractivity contribution is 0.0837. The van der Waals surface area contributed by atoms with Crippen LogP contribution in [0.4, 0.5) is 4.39 Å². The molecule has 4 heterocycles. The van der Waals surface area contributed by atoms with E-state index in [2.05, 4.69) is 20.5 Å². The van der Waals surface area contributed by atoms with Crippen molar-refractivity contribution in [2.45, 2.75) is 50.0 Å². The maximum absolute atomic E-state index is 14.2. The second-order valence-corrected chi connectivity index (χ2v) is 8.07. The van der Waals surface area contributed by atoms with Gasteiger partial charge in [0.05, 0.1) is 23.2 Å². The number of benzene rings is 1. The van der Waals surface area contributed by atoms with Crippen LogP contribution in [0, 0.1) is 0 Å². The lowest BCUT2D eigenvalue weighted by Crippen LogP contribution is -2.53. The quantitative estimate of drug-likeness (QED) is 0.706. The Bertz CT molecular complexity index is 1010. The molecule has 0 aliphatic carbocycles. The van der Waals surface area contributed by atoms with Gasteiger partial charge in [0.2, 0.25) is 5.88 Å². The van der Waals surface area contributed by atoms with Crippen LogP contribution in [0.15, 0.2) is 49.1 Å². The first kappa shape index (κ1) is 18.1. The molecule has 150 valence electrons. The molecule has 2 aromatic heterocycles. The van der Waals surface area contributed by atoms with Crippen LogP contribution >= 0.6 is 0 Å². The zero-order valence-electron chi connectivity index (χ0n) is 16.0. The van der Waals surface area contributed by atoms with E-state index < -0.39 is 11.7 Å². The molecule has 2 aliphatic rings. The molecule has 0 amide bonds. The molecule has 29 heavy (non-hydrogen) atoms. The number of nitrogens with zero attached hydrogens (tertiary/aromatic N) is 4. The standard InChI is InChI=1S/C21H22FN5O2/c1-21-11-15(8-13(24-21)9-19(21)22)29-20-5-4-17(25-26-20)16-3-2-14(10-18(16)28)27-7-6-23-12-27/h2-7,10,12-13,15,19,24,28H,8-9,11H2,1H3/t13-,15+,19+,21+/m1/s1. The molecule has 2 saturated heterocycles. The fraction of sp³-hybridized carbons (Fsp3) is 0.381. The Morgan fingerprint density at radius 2 is 2.14 bits per heavy atom. The number of phenolic OH excluding ortho intramolecular Hbond substituents is 1. The van der Waals surface area contributed by atoms with E-state index >= 15 is 0 Å². The van der Waals surface area contributed by atoms with Gasteiger partial charge in [0.15, 0.2) is 0 Å². The number of alkyl halides is 1. The van der Waals surface area contributed by atoms with E-state index in [0.717, 1.165) is 12.1 Å². The highest BCUT2D eigenvalue weighted by Crippen LogP contribution is 2.39. The summed E-state index contributed by atoms with van der Waals surface area (Å²) in [5, 5.41) is 22.1. The van der Waals surface area contributed by atoms with Gasteiger partial charge in [0, 0.05) is 42.6 Å². The highest BCUT2D eigenvalue weighted by atomic mass is 19.1. The van der Waals surface area contributed by atoms with Crippen LogP contribution < -0.4 is 10.1 Å². The molecule has 3 aromatic rings. The second-order valence-electron chi connectivity index (χ2n) is 8.07. The zero-order valence-corrected chi connectivity index (χ0v) is 16.0. The molecule has 8 heteroatoms. The number of hydrogen-bond acceptors (Lipinski definition) is 6. The average molecular weight is 395 g/mol. The van der Waals surface area contributed by atoms with Gasteiger partial charge in [-0.2, -0.15) is 0 Å². The number of phenols is 1. The molecule has 7 nitrogen and oxygen atoms in total. The minimum atomic E-state index is -0.845. The number of rotatable bonds is 4. The first-order chi connectivity index (χ1) is 14.0. The summed E-state index contributed by atoms with van der Waals surface area (Å²) >= 11 is 0. The van der Waals surface area contributed by atoms with Crippen LogP contribution in [-0.4, -0.2) is 48.7 Å². The molecule has 0 spiro atoms. The Labute approximate surface area is 167 Å². The van der Waals surface area contributed by atoms with E-state index in [0.29, 0.717) is 30.0 Å². The lowest BCUT2D eigenvalue weighted by atomic mass is 9.90. The number of ether oxygens (including phenoxy) is 1. The number of fused-ring (bicyclic) bond motifs is 2. The Kier molecular flexibility index (Phi) is 4.24. The van der Waals surface area contributed by atoms with Crippen molar-refractivity contribution < 1.29 is 14.2 Å². The van der Waals surface area contributed by atoms with Crippen LogP contribution in [0.25, 0.3) is 16.9 Å². The number of hydrogen-bond donors (Lipinski definition) is 2. The first-order valence-electron chi connectivity index (χ1n) is 9.74. The van der Waals surface area contributed by atoms with E-state index in [1.165, 1.54) is 0 Å². The zero-order chi connectivity index (χ0) is 20.0. The molecule has 4 atom stereocenters. The van der Waals surface area contributed by atoms with Crippen molar-refractivity contribution >= 4 is 0 Å². The third kappa shape index (κ3) is 3.33. The van der Waals surface area contributed by atoms with Gasteiger partial charge >= 0.3 is 0 Å². The third-order valence-corrected chi connectivity index (χ3v) is 5.90. The van der Waals surface area contributed by atoms with Crippen LogP contribution in [0.1, 0.15) is 26.2 Å². The Balaban J connectivity index is 1.31. The topological polar surface area (TPSA) is 85.1 Å². The maximum Gasteiger partial charge on any atom is 0.233 e. The van der Waals surface area contributed by atoms with E-state index in [1.54, 1.807) is 47.6 Å². The highest BCUT2D eigenvalue weighted by molar-refractivity contribution is 5.68. The molecule has 2 N–H and O–H groups in total. The Morgan fingerprint density at radius 1 is 1.24 bits per heavy atom. The van der Waals surface area contributed by atoms with Crippen molar-refractivity contribution in [1.29, 1.82) is 0 Å². The number of aromatic nitrogens is 4. The normalized spacial score (nSPS) is 28.4. The minimum absolute atomic E-state index is 0.0879. The molecule has 0 unspecified atom stereocenters. The Hall–Kier alpha value is -3.00. The van der Waals surface area contributed by atoms with Crippen molar-refractivity contribution in [3.05, 3.63) is 49.1 Å². The van der Waals surface area contributed by atoms with Crippen LogP contribution in [-0.2, 0) is 0 Å². The van der Waals surface area contributed by atoms with Crippen LogP contribution in [0.2, 0.25) is 0 Å². The Morgan fingerprint density at radius 3 is 2.83 bits per heavy atom. The molecule has 5 rings (SSSR count). The fourth-order valence-corrected chi connectivity index (χ4v) is 4.44. The van der Waals surface area contributed by atoms with Crippen LogP contribution in [0.5, 0.6) is 11.6 Å². The monoisotopic (exact) mass is 395 g/mol. The van der Waals surface area contributed by atoms with Crippen LogP contribution in [0.3, 0.4) is 0 Å². The number of nitrogens with one attached hydrogen (secondary N) is 1. The van der Waals surface area contributed by atoms with Crippen molar-refractivity contribution in [1.82, 2.24) is 25.1 Å². The summed E-state index contributed by atoms with van der Waals surface area (Å²) in [5.41, 5.74) is 1.41. The van der Waals surface area contributed by atoms with E-state index in [1.807, 2.05) is 13.0 Å². The average Bonchev–Trinajstić information content (AvgIpc) is 3.29. The summed E-state index contributed by atoms with van der Waals surface area (Å²) < 4.78 is 22.0. The summed E-state index contributed by atoms with van der Waals surface area (Å²) in [6.45, 7) is 1.91. The number of halogens is 1. The van der Waals surface area contributed by atoms with E-state index in [9.17, 15) is 9.50 Å². The number of aromatic hydroxyl groups is 1. The molecular formula is C21H22FN5O2. The van der Waals surface area contributed by atoms with E-state index in [-0.39, 0.29) is 17.9 Å². The maximum atomic E-state index is 14.2. The largest absolute Gasteiger partial charge is 0.507 e. The first-order valence-corrected chi connectivity index (χ1v) is 9.74. The minimum Gasteiger partial charge on any atom is -0.507 e. The molecule has 2 fully saturated rings. The van der Waals surface area contributed by atoms with Crippen molar-refractivity contribution in [2.24, 2.45) is 0 Å². The molecule has 0 radical (unpaired) electrons. The molecule has 0 saturated carbocycles. The van der Waals surface area contributed by atoms with Crippen molar-refractivity contribution in [3.8, 4) is 28.6 Å². The summed E-state index contributed by atoms with van der Waals surface area (Å²) in [7, 11) is 0. The van der Waals surface area contributed by atoms with Crippen molar-refractivity contribution in [3.63, 3.8) is 0 Å². The van der Waals surface area contributed by atoms with Gasteiger partial charge in [-0.3, -0.25) is 0 Å². The van der Waals surface area contributed by atoms with Gasteiger partial charge in [-0.15, -0.1) is 10.2 Å². The summed E-state index contributed by atoms with van der Waals surface area (Å²) in [6, 6.07) is 8.98. The van der Waals surface area contributed by atoms with Gasteiger partial charge < -0.3 is 19.7 Å². The second kappa shape index (κ2) is 6.81. The summed E-state index contributed by atoms with van der Waals surface area (Å²) in [4.78, 5) is 4.01. The molecule has 2 bridgehead atoms. The molecule has 1 aromatic carbocycles. The predicted octanol–water partition coefficient (Wildman–Crippen LogP) is 3.03. The van der Waals surface area contributed by atoms with Crippen molar-refractivity contribution in [2.75, 3.05) is 0 Å². The van der Waals surface area contributed by atoms with Gasteiger partial charge in [-0.05, 0) is 38.0 Å². The SMILES string of the molecule is C[C@]12C[C@@H](Oc3ccc(-c4ccc(-n5ccnc5)cc4O)nn3)C[C@H](C[C@@H]1F)N2. The summed E-state index contributed by atoms with van der Waals surface area (Å²) in [6.07, 6.45) is 6.11. The predicted molar refractivity (Wildman–Crippen MR) is 105 cm³/mol. The molecular weight excluding hydrogens is 373 g/mol. The highest BCUT2D eigenvalue weighted by Gasteiger charge is 2.50. The van der Waals surface area contributed by atoms with Gasteiger partial charge in [-0.25, -0.2) is 9.37 Å². The smallest absolute Gasteiger partial charge is 0.233 e. The fourth-order valence-electron chi connectivity index (χ4n) is 4.44. The van der Waals surface area contributed by atoms with Gasteiger partial charge in [0.1, 0.15) is 18.0 Å². The third-order valence-electron chi connectivity index (χ3n) is 5.90. The van der Waals surface area contributed by atoms with Gasteiger partial charge in [-0.1, -0.05) is 0 Å². The van der Waals surface area contributed by atoms with Gasteiger partial charge in [0.25, 0.3) is 0 Å². The number of imidazole rings is 1. The number of piperidine rings is 1. The summed E-state index contributed by atoms with van der Waals surface area (Å²) in [5.74, 6) is 0.518. The van der Waals surface area contributed by atoms with E-state index in [4.69, 9.17) is 4.74 Å². The molecule has 2 aliphatic heterocycles.